The molecule has 2 aliphatic rings. The number of hydrogen-bond donors (Lipinski definition) is 0. The van der Waals surface area contributed by atoms with Crippen LogP contribution in [0.3, 0.4) is 0 Å². The lowest BCUT2D eigenvalue weighted by molar-refractivity contribution is -0.136. The Labute approximate surface area is 152 Å². The Kier molecular flexibility index (Phi) is 5.05. The van der Waals surface area contributed by atoms with E-state index in [2.05, 4.69) is 0 Å². The Hall–Kier alpha value is -1.96. The van der Waals surface area contributed by atoms with Crippen LogP contribution in [-0.2, 0) is 19.4 Å². The average Bonchev–Trinajstić information content (AvgIpc) is 3.15. The number of amides is 2. The number of likely N-dealkylation sites (tertiary alicyclic amines) is 1. The topological polar surface area (TPSA) is 74.8 Å². The molecule has 3 rings (SSSR count). The van der Waals surface area contributed by atoms with Gasteiger partial charge < -0.3 is 9.80 Å². The summed E-state index contributed by atoms with van der Waals surface area (Å²) in [7, 11) is -1.41. The van der Waals surface area contributed by atoms with Crippen molar-refractivity contribution in [2.24, 2.45) is 5.92 Å². The minimum atomic E-state index is -3.08. The number of hydrogen-bond acceptors (Lipinski definition) is 4. The second kappa shape index (κ2) is 6.98. The van der Waals surface area contributed by atoms with Gasteiger partial charge in [-0.1, -0.05) is 12.1 Å². The van der Waals surface area contributed by atoms with E-state index in [9.17, 15) is 22.4 Å². The molecule has 2 fully saturated rings. The van der Waals surface area contributed by atoms with E-state index in [4.69, 9.17) is 0 Å². The van der Waals surface area contributed by atoms with Crippen LogP contribution >= 0.6 is 0 Å². The van der Waals surface area contributed by atoms with E-state index in [0.717, 1.165) is 5.56 Å². The Morgan fingerprint density at radius 2 is 1.96 bits per heavy atom. The number of nitrogens with zero attached hydrogens (tertiary/aromatic N) is 2. The summed E-state index contributed by atoms with van der Waals surface area (Å²) in [6.45, 7) is 2.11. The SMILES string of the molecule is C[C@H](c1ccc(F)cc1)N(C)C(=O)[C@@H]1CC(=O)N([C@H]2CCS(=O)(=O)C2)C1. The second-order valence-corrected chi connectivity index (χ2v) is 9.41. The van der Waals surface area contributed by atoms with Crippen LogP contribution in [0.15, 0.2) is 24.3 Å². The van der Waals surface area contributed by atoms with E-state index in [-0.39, 0.29) is 54.2 Å². The number of rotatable bonds is 4. The maximum Gasteiger partial charge on any atom is 0.228 e. The highest BCUT2D eigenvalue weighted by Crippen LogP contribution is 2.29. The number of benzene rings is 1. The number of sulfone groups is 1. The van der Waals surface area contributed by atoms with Crippen molar-refractivity contribution in [1.82, 2.24) is 9.80 Å². The van der Waals surface area contributed by atoms with Gasteiger partial charge in [-0.3, -0.25) is 9.59 Å². The summed E-state index contributed by atoms with van der Waals surface area (Å²) >= 11 is 0. The molecule has 0 radical (unpaired) electrons. The molecule has 1 aromatic rings. The summed E-state index contributed by atoms with van der Waals surface area (Å²) in [5.74, 6) is -1.03. The lowest BCUT2D eigenvalue weighted by Crippen LogP contribution is -2.39. The van der Waals surface area contributed by atoms with Gasteiger partial charge in [0.25, 0.3) is 0 Å². The predicted molar refractivity (Wildman–Crippen MR) is 94.5 cm³/mol. The van der Waals surface area contributed by atoms with Gasteiger partial charge in [0.05, 0.1) is 23.5 Å². The highest BCUT2D eigenvalue weighted by atomic mass is 32.2. The molecule has 2 saturated heterocycles. The standard InChI is InChI=1S/C18H23FN2O4S/c1-12(13-3-5-15(19)6-4-13)20(2)18(23)14-9-17(22)21(10-14)16-7-8-26(24,25)11-16/h3-6,12,14,16H,7-11H2,1-2H3/t12-,14-,16+/m1/s1. The van der Waals surface area contributed by atoms with Crippen molar-refractivity contribution in [2.45, 2.75) is 31.8 Å². The Bertz CT molecular complexity index is 809. The average molecular weight is 382 g/mol. The maximum absolute atomic E-state index is 13.1. The third-order valence-electron chi connectivity index (χ3n) is 5.44. The summed E-state index contributed by atoms with van der Waals surface area (Å²) in [6.07, 6.45) is 0.548. The molecule has 0 aliphatic carbocycles. The summed E-state index contributed by atoms with van der Waals surface area (Å²) in [4.78, 5) is 28.2. The van der Waals surface area contributed by atoms with Crippen LogP contribution in [0, 0.1) is 11.7 Å². The van der Waals surface area contributed by atoms with Gasteiger partial charge in [-0.25, -0.2) is 12.8 Å². The highest BCUT2D eigenvalue weighted by Gasteiger charge is 2.42. The van der Waals surface area contributed by atoms with Crippen LogP contribution in [0.25, 0.3) is 0 Å². The molecule has 8 heteroatoms. The van der Waals surface area contributed by atoms with Crippen LogP contribution in [-0.4, -0.2) is 61.2 Å². The van der Waals surface area contributed by atoms with Gasteiger partial charge >= 0.3 is 0 Å². The molecule has 142 valence electrons. The zero-order valence-corrected chi connectivity index (χ0v) is 15.7. The molecule has 2 amide bonds. The number of halogens is 1. The molecule has 1 aromatic carbocycles. The quantitative estimate of drug-likeness (QED) is 0.789. The van der Waals surface area contributed by atoms with Gasteiger partial charge in [-0.2, -0.15) is 0 Å². The molecule has 6 nitrogen and oxygen atoms in total. The first-order valence-electron chi connectivity index (χ1n) is 8.70. The van der Waals surface area contributed by atoms with Crippen molar-refractivity contribution in [3.63, 3.8) is 0 Å². The first-order chi connectivity index (χ1) is 12.2. The molecule has 0 saturated carbocycles. The van der Waals surface area contributed by atoms with Gasteiger partial charge in [-0.05, 0) is 31.0 Å². The molecule has 2 heterocycles. The molecule has 0 aromatic heterocycles. The van der Waals surface area contributed by atoms with Gasteiger partial charge in [0.15, 0.2) is 9.84 Å². The third kappa shape index (κ3) is 3.75. The van der Waals surface area contributed by atoms with Crippen LogP contribution in [0.2, 0.25) is 0 Å². The van der Waals surface area contributed by atoms with Gasteiger partial charge in [0.2, 0.25) is 11.8 Å². The van der Waals surface area contributed by atoms with Gasteiger partial charge in [-0.15, -0.1) is 0 Å². The van der Waals surface area contributed by atoms with E-state index in [0.29, 0.717) is 6.42 Å². The lowest BCUT2D eigenvalue weighted by Gasteiger charge is -2.28. The fourth-order valence-corrected chi connectivity index (χ4v) is 5.45. The largest absolute Gasteiger partial charge is 0.339 e. The minimum absolute atomic E-state index is 0.0124. The molecule has 0 bridgehead atoms. The molecule has 0 spiro atoms. The molecule has 3 atom stereocenters. The molecule has 0 N–H and O–H groups in total. The van der Waals surface area contributed by atoms with Crippen molar-refractivity contribution in [3.05, 3.63) is 35.6 Å². The van der Waals surface area contributed by atoms with Crippen LogP contribution < -0.4 is 0 Å². The van der Waals surface area contributed by atoms with E-state index in [1.165, 1.54) is 12.1 Å². The monoisotopic (exact) mass is 382 g/mol. The second-order valence-electron chi connectivity index (χ2n) is 7.18. The minimum Gasteiger partial charge on any atom is -0.339 e. The Morgan fingerprint density at radius 3 is 2.54 bits per heavy atom. The number of carbonyl (C=O) groups is 2. The third-order valence-corrected chi connectivity index (χ3v) is 7.19. The lowest BCUT2D eigenvalue weighted by atomic mass is 10.0. The first-order valence-corrected chi connectivity index (χ1v) is 10.5. The zero-order valence-electron chi connectivity index (χ0n) is 14.9. The summed E-state index contributed by atoms with van der Waals surface area (Å²) in [5, 5.41) is 0. The fourth-order valence-electron chi connectivity index (χ4n) is 3.71. The summed E-state index contributed by atoms with van der Waals surface area (Å²) in [5.41, 5.74) is 0.810. The van der Waals surface area contributed by atoms with Crippen molar-refractivity contribution in [1.29, 1.82) is 0 Å². The Morgan fingerprint density at radius 1 is 1.31 bits per heavy atom. The van der Waals surface area contributed by atoms with Crippen molar-refractivity contribution >= 4 is 21.7 Å². The van der Waals surface area contributed by atoms with Gasteiger partial charge in [0, 0.05) is 26.1 Å². The number of carbonyl (C=O) groups excluding carboxylic acids is 2. The first kappa shape index (κ1) is 18.8. The molecule has 0 unspecified atom stereocenters. The van der Waals surface area contributed by atoms with Crippen molar-refractivity contribution in [3.8, 4) is 0 Å². The van der Waals surface area contributed by atoms with Crippen LogP contribution in [0.1, 0.15) is 31.4 Å². The van der Waals surface area contributed by atoms with Crippen LogP contribution in [0.4, 0.5) is 4.39 Å². The Balaban J connectivity index is 1.66. The molecular weight excluding hydrogens is 359 g/mol. The molecule has 2 aliphatic heterocycles. The normalized spacial score (nSPS) is 26.1. The van der Waals surface area contributed by atoms with E-state index >= 15 is 0 Å². The summed E-state index contributed by atoms with van der Waals surface area (Å²) < 4.78 is 36.4. The summed E-state index contributed by atoms with van der Waals surface area (Å²) in [6, 6.07) is 5.42. The van der Waals surface area contributed by atoms with E-state index < -0.39 is 15.8 Å². The zero-order chi connectivity index (χ0) is 19.1. The van der Waals surface area contributed by atoms with Crippen molar-refractivity contribution in [2.75, 3.05) is 25.1 Å². The van der Waals surface area contributed by atoms with Gasteiger partial charge in [0.1, 0.15) is 5.82 Å². The van der Waals surface area contributed by atoms with Crippen LogP contribution in [0.5, 0.6) is 0 Å². The molecule has 26 heavy (non-hydrogen) atoms. The fraction of sp³-hybridized carbons (Fsp3) is 0.556. The van der Waals surface area contributed by atoms with E-state index in [1.54, 1.807) is 29.0 Å². The van der Waals surface area contributed by atoms with Crippen molar-refractivity contribution < 1.29 is 22.4 Å². The van der Waals surface area contributed by atoms with E-state index in [1.807, 2.05) is 6.92 Å². The smallest absolute Gasteiger partial charge is 0.228 e. The maximum atomic E-state index is 13.1. The predicted octanol–water partition coefficient (Wildman–Crippen LogP) is 1.38. The molecular formula is C18H23FN2O4S. The highest BCUT2D eigenvalue weighted by molar-refractivity contribution is 7.91.